The number of piperidine rings is 1. The number of aliphatic hydroxyl groups excluding tert-OH is 2. The lowest BCUT2D eigenvalue weighted by atomic mass is 9.42. The van der Waals surface area contributed by atoms with Crippen molar-refractivity contribution >= 4 is 34.6 Å². The maximum Gasteiger partial charge on any atom is 0.320 e. The standard InChI is InChI=1S/C40H60N8O6/c1-7-37(4)21-28(50)39(6)33-27(49)8-11-40(33,26(3)34(37)53)13-12-38(39,5)54-31(52)22-45-16-18-46(19-17-45)30(51)10-14-47-24-44-32-35(47)42-23-43-36(32)48-15-9-25(2)20-29(48)41/h7,23-26,28-29,33-34,50,53H,1,8-22,41H2,2-6H3. The molecule has 4 heterocycles. The van der Waals surface area contributed by atoms with Crippen LogP contribution in [0.2, 0.25) is 0 Å². The first kappa shape index (κ1) is 38.8. The summed E-state index contributed by atoms with van der Waals surface area (Å²) >= 11 is 0. The van der Waals surface area contributed by atoms with Gasteiger partial charge in [0, 0.05) is 68.9 Å². The Morgan fingerprint density at radius 3 is 2.50 bits per heavy atom. The summed E-state index contributed by atoms with van der Waals surface area (Å²) in [5, 5.41) is 23.6. The average Bonchev–Trinajstić information content (AvgIpc) is 3.73. The highest BCUT2D eigenvalue weighted by molar-refractivity contribution is 5.86. The van der Waals surface area contributed by atoms with E-state index in [9.17, 15) is 24.6 Å². The molecule has 1 amide bonds. The summed E-state index contributed by atoms with van der Waals surface area (Å²) in [4.78, 5) is 60.4. The summed E-state index contributed by atoms with van der Waals surface area (Å²) in [6.45, 7) is 17.3. The number of ketones is 1. The number of imidazole rings is 1. The molecule has 296 valence electrons. The number of ether oxygens (including phenoxy) is 1. The van der Waals surface area contributed by atoms with Crippen molar-refractivity contribution in [2.24, 2.45) is 39.7 Å². The van der Waals surface area contributed by atoms with Crippen LogP contribution in [0.4, 0.5) is 5.82 Å². The van der Waals surface area contributed by atoms with Gasteiger partial charge in [-0.3, -0.25) is 19.3 Å². The van der Waals surface area contributed by atoms with Crippen molar-refractivity contribution in [3.8, 4) is 0 Å². The van der Waals surface area contributed by atoms with Gasteiger partial charge in [-0.1, -0.05) is 33.8 Å². The molecule has 5 aliphatic rings. The first-order valence-electron chi connectivity index (χ1n) is 20.0. The third-order valence-electron chi connectivity index (χ3n) is 14.9. The first-order valence-corrected chi connectivity index (χ1v) is 20.0. The highest BCUT2D eigenvalue weighted by atomic mass is 16.6. The summed E-state index contributed by atoms with van der Waals surface area (Å²) in [7, 11) is 0. The molecule has 10 atom stereocenters. The van der Waals surface area contributed by atoms with Crippen molar-refractivity contribution in [2.75, 3.05) is 44.2 Å². The number of Topliss-reactive ketones (excluding diaryl/α,β-unsaturated/α-hetero) is 1. The number of nitrogens with two attached hydrogens (primary N) is 1. The van der Waals surface area contributed by atoms with Crippen molar-refractivity contribution in [1.82, 2.24) is 29.3 Å². The van der Waals surface area contributed by atoms with Crippen LogP contribution in [0.25, 0.3) is 11.2 Å². The van der Waals surface area contributed by atoms with E-state index in [2.05, 4.69) is 33.4 Å². The lowest BCUT2D eigenvalue weighted by molar-refractivity contribution is -0.252. The predicted molar refractivity (Wildman–Crippen MR) is 203 cm³/mol. The zero-order chi connectivity index (χ0) is 38.8. The molecule has 2 aromatic rings. The van der Waals surface area contributed by atoms with Gasteiger partial charge in [-0.2, -0.15) is 0 Å². The number of anilines is 1. The highest BCUT2D eigenvalue weighted by Gasteiger charge is 2.72. The minimum absolute atomic E-state index is 0.0249. The van der Waals surface area contributed by atoms with E-state index in [0.29, 0.717) is 75.5 Å². The molecule has 54 heavy (non-hydrogen) atoms. The van der Waals surface area contributed by atoms with E-state index >= 15 is 0 Å². The molecule has 10 unspecified atom stereocenters. The van der Waals surface area contributed by atoms with Crippen LogP contribution in [0.1, 0.15) is 86.0 Å². The van der Waals surface area contributed by atoms with E-state index in [0.717, 1.165) is 25.2 Å². The Morgan fingerprint density at radius 1 is 1.06 bits per heavy atom. The molecular weight excluding hydrogens is 688 g/mol. The number of nitrogens with zero attached hydrogens (tertiary/aromatic N) is 7. The molecular formula is C40H60N8O6. The van der Waals surface area contributed by atoms with Crippen LogP contribution < -0.4 is 10.6 Å². The summed E-state index contributed by atoms with van der Waals surface area (Å²) in [6.07, 6.45) is 7.67. The van der Waals surface area contributed by atoms with Crippen molar-refractivity contribution < 1.29 is 29.3 Å². The smallest absolute Gasteiger partial charge is 0.320 e. The second-order valence-corrected chi connectivity index (χ2v) is 17.9. The van der Waals surface area contributed by atoms with Gasteiger partial charge in [-0.25, -0.2) is 15.0 Å². The average molecular weight is 749 g/mol. The zero-order valence-corrected chi connectivity index (χ0v) is 32.7. The Balaban J connectivity index is 0.962. The number of amides is 1. The SMILES string of the molecule is C=CC1(C)CC(O)C2(C)C3C(=O)CCC3(CCC2(C)OC(=O)CN2CCN(C(=O)CCn3cnc4c(N5CCC(C)CC5N)ncnc43)CC2)C(C)C1O. The van der Waals surface area contributed by atoms with Crippen LogP contribution in [-0.2, 0) is 25.7 Å². The van der Waals surface area contributed by atoms with Gasteiger partial charge < -0.3 is 35.1 Å². The summed E-state index contributed by atoms with van der Waals surface area (Å²) in [5.41, 5.74) is 4.43. The number of rotatable bonds is 8. The van der Waals surface area contributed by atoms with Gasteiger partial charge in [0.1, 0.15) is 17.7 Å². The van der Waals surface area contributed by atoms with Crippen LogP contribution >= 0.6 is 0 Å². The number of hydrogen-bond donors (Lipinski definition) is 3. The normalized spacial score (nSPS) is 38.9. The Kier molecular flexibility index (Phi) is 10.2. The predicted octanol–water partition coefficient (Wildman–Crippen LogP) is 2.90. The summed E-state index contributed by atoms with van der Waals surface area (Å²) < 4.78 is 8.31. The third-order valence-corrected chi connectivity index (χ3v) is 14.9. The summed E-state index contributed by atoms with van der Waals surface area (Å²) in [5.74, 6) is 0.266. The van der Waals surface area contributed by atoms with Gasteiger partial charge >= 0.3 is 5.97 Å². The Labute approximate surface area is 318 Å². The molecule has 0 spiro atoms. The Morgan fingerprint density at radius 2 is 1.80 bits per heavy atom. The van der Waals surface area contributed by atoms with Crippen LogP contribution in [0.5, 0.6) is 0 Å². The molecule has 3 saturated carbocycles. The maximum absolute atomic E-state index is 13.7. The number of aliphatic hydroxyl groups is 2. The van der Waals surface area contributed by atoms with Crippen molar-refractivity contribution in [1.29, 1.82) is 0 Å². The molecule has 5 fully saturated rings. The topological polar surface area (TPSA) is 180 Å². The molecule has 2 bridgehead atoms. The molecule has 14 heteroatoms. The number of piperazine rings is 1. The molecule has 7 rings (SSSR count). The van der Waals surface area contributed by atoms with Gasteiger partial charge in [0.25, 0.3) is 0 Å². The van der Waals surface area contributed by atoms with E-state index in [1.165, 1.54) is 6.33 Å². The number of esters is 1. The maximum atomic E-state index is 13.7. The minimum Gasteiger partial charge on any atom is -0.458 e. The Hall–Kier alpha value is -3.46. The molecule has 4 N–H and O–H groups in total. The second kappa shape index (κ2) is 14.2. The monoisotopic (exact) mass is 748 g/mol. The molecule has 14 nitrogen and oxygen atoms in total. The van der Waals surface area contributed by atoms with E-state index < -0.39 is 45.9 Å². The minimum atomic E-state index is -1.10. The summed E-state index contributed by atoms with van der Waals surface area (Å²) in [6, 6.07) is 0. The lowest BCUT2D eigenvalue weighted by Crippen LogP contribution is -2.69. The molecule has 0 aromatic carbocycles. The number of aryl methyl sites for hydroxylation is 1. The van der Waals surface area contributed by atoms with Gasteiger partial charge in [0.05, 0.1) is 31.2 Å². The van der Waals surface area contributed by atoms with Crippen LogP contribution in [-0.4, -0.2) is 120 Å². The molecule has 2 aromatic heterocycles. The van der Waals surface area contributed by atoms with Gasteiger partial charge in [0.15, 0.2) is 17.0 Å². The van der Waals surface area contributed by atoms with Gasteiger partial charge in [-0.05, 0) is 62.7 Å². The van der Waals surface area contributed by atoms with Gasteiger partial charge in [-0.15, -0.1) is 6.58 Å². The lowest BCUT2D eigenvalue weighted by Gasteiger charge is -2.64. The van der Waals surface area contributed by atoms with Gasteiger partial charge in [0.2, 0.25) is 5.91 Å². The number of carbonyl (C=O) groups excluding carboxylic acids is 3. The van der Waals surface area contributed by atoms with Crippen molar-refractivity contribution in [3.05, 3.63) is 25.3 Å². The molecule has 2 saturated heterocycles. The van der Waals surface area contributed by atoms with Crippen LogP contribution in [0, 0.1) is 34.0 Å². The number of aromatic nitrogens is 4. The van der Waals surface area contributed by atoms with Crippen molar-refractivity contribution in [2.45, 2.75) is 117 Å². The fourth-order valence-electron chi connectivity index (χ4n) is 11.2. The van der Waals surface area contributed by atoms with Crippen LogP contribution in [0.15, 0.2) is 25.3 Å². The number of carbonyl (C=O) groups is 3. The van der Waals surface area contributed by atoms with Crippen LogP contribution in [0.3, 0.4) is 0 Å². The number of hydrogen-bond acceptors (Lipinski definition) is 12. The van der Waals surface area contributed by atoms with E-state index in [1.807, 2.05) is 42.1 Å². The largest absolute Gasteiger partial charge is 0.458 e. The molecule has 0 radical (unpaired) electrons. The quantitative estimate of drug-likeness (QED) is 0.266. The molecule has 2 aliphatic heterocycles. The van der Waals surface area contributed by atoms with E-state index in [-0.39, 0.29) is 43.2 Å². The highest BCUT2D eigenvalue weighted by Crippen LogP contribution is 2.69. The zero-order valence-electron chi connectivity index (χ0n) is 32.7. The molecule has 3 aliphatic carbocycles. The third kappa shape index (κ3) is 6.24. The van der Waals surface area contributed by atoms with E-state index in [4.69, 9.17) is 10.5 Å². The second-order valence-electron chi connectivity index (χ2n) is 17.9. The first-order chi connectivity index (χ1) is 25.6. The van der Waals surface area contributed by atoms with E-state index in [1.54, 1.807) is 12.4 Å². The van der Waals surface area contributed by atoms with Crippen molar-refractivity contribution in [3.63, 3.8) is 0 Å². The fraction of sp³-hybridized carbons (Fsp3) is 0.750. The number of fused-ring (bicyclic) bond motifs is 1. The fourth-order valence-corrected chi connectivity index (χ4v) is 11.2. The Bertz CT molecular complexity index is 1780.